The monoisotopic (exact) mass is 448 g/mol. The van der Waals surface area contributed by atoms with E-state index in [1.165, 1.54) is 6.26 Å². The number of sulfone groups is 1. The van der Waals surface area contributed by atoms with Gasteiger partial charge in [0.05, 0.1) is 23.8 Å². The molecule has 0 aliphatic carbocycles. The summed E-state index contributed by atoms with van der Waals surface area (Å²) in [5.41, 5.74) is 2.46. The summed E-state index contributed by atoms with van der Waals surface area (Å²) in [5.74, 6) is 0.382. The molecule has 0 amide bonds. The highest BCUT2D eigenvalue weighted by atomic mass is 32.2. The number of aliphatic imine (C=N–C) groups is 1. The highest BCUT2D eigenvalue weighted by molar-refractivity contribution is 7.90. The van der Waals surface area contributed by atoms with Gasteiger partial charge < -0.3 is 20.3 Å². The third-order valence-corrected chi connectivity index (χ3v) is 6.23. The van der Waals surface area contributed by atoms with E-state index in [-0.39, 0.29) is 5.82 Å². The first-order valence-corrected chi connectivity index (χ1v) is 12.1. The number of anilines is 1. The van der Waals surface area contributed by atoms with E-state index in [0.29, 0.717) is 62.4 Å². The molecule has 0 aromatic heterocycles. The van der Waals surface area contributed by atoms with E-state index in [1.807, 2.05) is 29.2 Å². The van der Waals surface area contributed by atoms with Crippen LogP contribution in [0.15, 0.2) is 52.4 Å². The van der Waals surface area contributed by atoms with Crippen LogP contribution >= 0.6 is 0 Å². The summed E-state index contributed by atoms with van der Waals surface area (Å²) in [6.07, 6.45) is 1.91. The molecule has 0 saturated carbocycles. The molecule has 2 aromatic carbocycles. The summed E-state index contributed by atoms with van der Waals surface area (Å²) < 4.78 is 42.9. The van der Waals surface area contributed by atoms with E-state index in [9.17, 15) is 12.8 Å². The quantitative estimate of drug-likeness (QED) is 0.498. The normalized spacial score (nSPS) is 15.1. The molecular formula is C22H29FN4O3S. The Morgan fingerprint density at radius 2 is 1.77 bits per heavy atom. The first-order chi connectivity index (χ1) is 14.9. The van der Waals surface area contributed by atoms with Gasteiger partial charge in [0.15, 0.2) is 15.8 Å². The number of hydrogen-bond donors (Lipinski definition) is 2. The molecule has 1 aliphatic rings. The Kier molecular flexibility index (Phi) is 7.86. The van der Waals surface area contributed by atoms with Crippen molar-refractivity contribution in [3.05, 3.63) is 59.4 Å². The molecule has 3 rings (SSSR count). The maximum atomic E-state index is 14.5. The lowest BCUT2D eigenvalue weighted by molar-refractivity contribution is 0.122. The van der Waals surface area contributed by atoms with E-state index < -0.39 is 9.84 Å². The van der Waals surface area contributed by atoms with Crippen LogP contribution in [0.4, 0.5) is 10.1 Å². The fourth-order valence-corrected chi connectivity index (χ4v) is 3.99. The van der Waals surface area contributed by atoms with Gasteiger partial charge in [-0.25, -0.2) is 12.8 Å². The lowest BCUT2D eigenvalue weighted by Crippen LogP contribution is -2.38. The predicted molar refractivity (Wildman–Crippen MR) is 121 cm³/mol. The Morgan fingerprint density at radius 1 is 1.10 bits per heavy atom. The second-order valence-corrected chi connectivity index (χ2v) is 9.42. The molecule has 1 aliphatic heterocycles. The third kappa shape index (κ3) is 6.67. The number of nitrogens with zero attached hydrogens (tertiary/aromatic N) is 2. The van der Waals surface area contributed by atoms with E-state index in [0.717, 1.165) is 11.1 Å². The van der Waals surface area contributed by atoms with Crippen molar-refractivity contribution in [3.63, 3.8) is 0 Å². The SMILES string of the molecule is CN=C(NCCc1ccc(S(C)(=O)=O)cc1)NCc1ccc(N2CCOCC2)c(F)c1. The summed E-state index contributed by atoms with van der Waals surface area (Å²) in [6, 6.07) is 12.1. The fourth-order valence-electron chi connectivity index (χ4n) is 3.36. The minimum absolute atomic E-state index is 0.235. The van der Waals surface area contributed by atoms with Gasteiger partial charge in [-0.05, 0) is 41.8 Å². The molecule has 1 heterocycles. The van der Waals surface area contributed by atoms with Gasteiger partial charge in [-0.15, -0.1) is 0 Å². The first kappa shape index (κ1) is 23.0. The van der Waals surface area contributed by atoms with E-state index in [1.54, 1.807) is 25.2 Å². The molecule has 0 radical (unpaired) electrons. The second kappa shape index (κ2) is 10.6. The number of hydrogen-bond acceptors (Lipinski definition) is 5. The van der Waals surface area contributed by atoms with Gasteiger partial charge in [-0.3, -0.25) is 4.99 Å². The molecule has 0 spiro atoms. The number of benzene rings is 2. The number of ether oxygens (including phenoxy) is 1. The average molecular weight is 449 g/mol. The Hall–Kier alpha value is -2.65. The average Bonchev–Trinajstić information content (AvgIpc) is 2.76. The standard InChI is InChI=1S/C22H29FN4O3S/c1-24-22(25-10-9-17-3-6-19(7-4-17)31(2,28)29)26-16-18-5-8-21(20(23)15-18)27-11-13-30-14-12-27/h3-8,15H,9-14,16H2,1-2H3,(H2,24,25,26). The molecule has 31 heavy (non-hydrogen) atoms. The van der Waals surface area contributed by atoms with Crippen molar-refractivity contribution in [3.8, 4) is 0 Å². The van der Waals surface area contributed by atoms with Crippen molar-refractivity contribution < 1.29 is 17.5 Å². The van der Waals surface area contributed by atoms with E-state index in [2.05, 4.69) is 15.6 Å². The number of guanidine groups is 1. The topological polar surface area (TPSA) is 83.0 Å². The zero-order valence-corrected chi connectivity index (χ0v) is 18.7. The summed E-state index contributed by atoms with van der Waals surface area (Å²) in [7, 11) is -1.50. The van der Waals surface area contributed by atoms with Crippen molar-refractivity contribution in [1.29, 1.82) is 0 Å². The second-order valence-electron chi connectivity index (χ2n) is 7.40. The molecule has 2 aromatic rings. The van der Waals surface area contributed by atoms with Crippen LogP contribution in [0.1, 0.15) is 11.1 Å². The van der Waals surface area contributed by atoms with Crippen LogP contribution in [0.5, 0.6) is 0 Å². The highest BCUT2D eigenvalue weighted by Crippen LogP contribution is 2.21. The highest BCUT2D eigenvalue weighted by Gasteiger charge is 2.15. The van der Waals surface area contributed by atoms with Gasteiger partial charge in [0.25, 0.3) is 0 Å². The molecule has 9 heteroatoms. The smallest absolute Gasteiger partial charge is 0.191 e. The van der Waals surface area contributed by atoms with Gasteiger partial charge in [0.1, 0.15) is 5.82 Å². The molecule has 0 unspecified atom stereocenters. The zero-order chi connectivity index (χ0) is 22.3. The largest absolute Gasteiger partial charge is 0.378 e. The summed E-state index contributed by atoms with van der Waals surface area (Å²) in [5, 5.41) is 6.40. The van der Waals surface area contributed by atoms with Crippen LogP contribution in [-0.2, 0) is 27.5 Å². The fraction of sp³-hybridized carbons (Fsp3) is 0.409. The molecular weight excluding hydrogens is 419 g/mol. The first-order valence-electron chi connectivity index (χ1n) is 10.2. The maximum absolute atomic E-state index is 14.5. The molecule has 1 saturated heterocycles. The maximum Gasteiger partial charge on any atom is 0.191 e. The van der Waals surface area contributed by atoms with Crippen LogP contribution in [0.3, 0.4) is 0 Å². The predicted octanol–water partition coefficient (Wildman–Crippen LogP) is 1.97. The molecule has 0 bridgehead atoms. The van der Waals surface area contributed by atoms with Crippen LogP contribution < -0.4 is 15.5 Å². The molecule has 168 valence electrons. The van der Waals surface area contributed by atoms with Crippen LogP contribution in [0.25, 0.3) is 0 Å². The number of halogens is 1. The molecule has 7 nitrogen and oxygen atoms in total. The number of nitrogens with one attached hydrogen (secondary N) is 2. The summed E-state index contributed by atoms with van der Waals surface area (Å²) >= 11 is 0. The summed E-state index contributed by atoms with van der Waals surface area (Å²) in [4.78, 5) is 6.51. The van der Waals surface area contributed by atoms with Crippen LogP contribution in [0.2, 0.25) is 0 Å². The number of rotatable bonds is 7. The summed E-state index contributed by atoms with van der Waals surface area (Å²) in [6.45, 7) is 3.70. The van der Waals surface area contributed by atoms with Gasteiger partial charge in [0, 0.05) is 39.5 Å². The van der Waals surface area contributed by atoms with Gasteiger partial charge in [-0.2, -0.15) is 0 Å². The van der Waals surface area contributed by atoms with Crippen molar-refractivity contribution in [2.45, 2.75) is 17.9 Å². The zero-order valence-electron chi connectivity index (χ0n) is 17.9. The minimum atomic E-state index is -3.18. The van der Waals surface area contributed by atoms with Gasteiger partial charge in [0.2, 0.25) is 0 Å². The lowest BCUT2D eigenvalue weighted by Gasteiger charge is -2.29. The molecule has 1 fully saturated rings. The third-order valence-electron chi connectivity index (χ3n) is 5.11. The Bertz CT molecular complexity index is 1000. The van der Waals surface area contributed by atoms with E-state index >= 15 is 0 Å². The molecule has 2 N–H and O–H groups in total. The lowest BCUT2D eigenvalue weighted by atomic mass is 10.1. The van der Waals surface area contributed by atoms with Crippen molar-refractivity contribution in [1.82, 2.24) is 10.6 Å². The number of morpholine rings is 1. The Morgan fingerprint density at radius 3 is 2.39 bits per heavy atom. The Labute approximate surface area is 183 Å². The molecule has 0 atom stereocenters. The van der Waals surface area contributed by atoms with Crippen molar-refractivity contribution in [2.24, 2.45) is 4.99 Å². The van der Waals surface area contributed by atoms with Crippen molar-refractivity contribution in [2.75, 3.05) is 51.1 Å². The van der Waals surface area contributed by atoms with Crippen molar-refractivity contribution >= 4 is 21.5 Å². The van der Waals surface area contributed by atoms with Gasteiger partial charge in [-0.1, -0.05) is 18.2 Å². The van der Waals surface area contributed by atoms with Gasteiger partial charge >= 0.3 is 0 Å². The van der Waals surface area contributed by atoms with Crippen LogP contribution in [-0.4, -0.2) is 60.5 Å². The van der Waals surface area contributed by atoms with E-state index in [4.69, 9.17) is 4.74 Å². The Balaban J connectivity index is 1.47. The van der Waals surface area contributed by atoms with Crippen LogP contribution in [0, 0.1) is 5.82 Å². The minimum Gasteiger partial charge on any atom is -0.378 e.